The van der Waals surface area contributed by atoms with E-state index in [1.165, 1.54) is 14.0 Å². The number of nitrogens with zero attached hydrogens (tertiary/aromatic N) is 2. The molecule has 11 heteroatoms. The highest BCUT2D eigenvalue weighted by molar-refractivity contribution is 6.65. The number of anilines is 1. The molecule has 0 aromatic heterocycles. The number of carbonyl (C=O) groups is 2. The van der Waals surface area contributed by atoms with Crippen LogP contribution in [0.15, 0.2) is 29.4 Å². The summed E-state index contributed by atoms with van der Waals surface area (Å²) in [5.74, 6) is -1.85. The summed E-state index contributed by atoms with van der Waals surface area (Å²) in [6.45, 7) is 2.66. The number of hydrogen-bond acceptors (Lipinski definition) is 6. The minimum Gasteiger partial charge on any atom is -0.463 e. The number of amides is 1. The van der Waals surface area contributed by atoms with Crippen molar-refractivity contribution in [2.45, 2.75) is 32.0 Å². The molecule has 1 amide bonds. The van der Waals surface area contributed by atoms with Crippen LogP contribution in [0.1, 0.15) is 25.8 Å². The summed E-state index contributed by atoms with van der Waals surface area (Å²) < 4.78 is 44.2. The first kappa shape index (κ1) is 22.7. The molecule has 0 radical (unpaired) electrons. The minimum atomic E-state index is -5.31. The predicted molar refractivity (Wildman–Crippen MR) is 91.5 cm³/mol. The van der Waals surface area contributed by atoms with E-state index in [0.29, 0.717) is 6.42 Å². The highest BCUT2D eigenvalue weighted by atomic mass is 35.5. The van der Waals surface area contributed by atoms with Gasteiger partial charge < -0.3 is 9.84 Å². The van der Waals surface area contributed by atoms with Crippen LogP contribution in [-0.4, -0.2) is 42.2 Å². The molecule has 1 aromatic carbocycles. The summed E-state index contributed by atoms with van der Waals surface area (Å²) in [6.07, 6.45) is -5.90. The molecule has 0 bridgehead atoms. The Labute approximate surface area is 158 Å². The first-order chi connectivity index (χ1) is 12.5. The van der Waals surface area contributed by atoms with Crippen molar-refractivity contribution in [1.29, 1.82) is 0 Å². The van der Waals surface area contributed by atoms with E-state index in [9.17, 15) is 27.9 Å². The van der Waals surface area contributed by atoms with Gasteiger partial charge in [0, 0.05) is 24.7 Å². The van der Waals surface area contributed by atoms with Crippen LogP contribution in [0.5, 0.6) is 0 Å². The molecular formula is C16H18ClF3N2O5. The van der Waals surface area contributed by atoms with Crippen LogP contribution in [0.4, 0.5) is 23.7 Å². The lowest BCUT2D eigenvalue weighted by Gasteiger charge is -2.28. The number of aliphatic hydroxyl groups is 1. The van der Waals surface area contributed by atoms with Crippen molar-refractivity contribution in [2.24, 2.45) is 5.16 Å². The zero-order chi connectivity index (χ0) is 20.8. The first-order valence-electron chi connectivity index (χ1n) is 7.72. The average Bonchev–Trinajstić information content (AvgIpc) is 2.63. The molecule has 0 heterocycles. The van der Waals surface area contributed by atoms with Gasteiger partial charge in [0.05, 0.1) is 6.61 Å². The quantitative estimate of drug-likeness (QED) is 0.335. The zero-order valence-corrected chi connectivity index (χ0v) is 15.5. The first-order valence-corrected chi connectivity index (χ1v) is 8.10. The summed E-state index contributed by atoms with van der Waals surface area (Å²) >= 11 is 5.61. The smallest absolute Gasteiger partial charge is 0.440 e. The summed E-state index contributed by atoms with van der Waals surface area (Å²) in [4.78, 5) is 29.1. The fraction of sp³-hybridized carbons (Fsp3) is 0.438. The van der Waals surface area contributed by atoms with Crippen LogP contribution in [0.25, 0.3) is 0 Å². The van der Waals surface area contributed by atoms with Crippen LogP contribution < -0.4 is 4.90 Å². The predicted octanol–water partition coefficient (Wildman–Crippen LogP) is 3.53. The number of ether oxygens (including phenoxy) is 1. The molecule has 1 N–H and O–H groups in total. The Bertz CT molecular complexity index is 709. The van der Waals surface area contributed by atoms with E-state index in [0.717, 1.165) is 29.2 Å². The van der Waals surface area contributed by atoms with Gasteiger partial charge in [0.25, 0.3) is 5.60 Å². The molecule has 0 aliphatic rings. The van der Waals surface area contributed by atoms with E-state index >= 15 is 0 Å². The Morgan fingerprint density at radius 2 is 1.78 bits per heavy atom. The molecule has 0 aliphatic carbocycles. The van der Waals surface area contributed by atoms with Crippen molar-refractivity contribution in [3.8, 4) is 0 Å². The standard InChI is InChI=1S/C16H18ClF3N2O5/c1-4-12(17)21-27-14(24)22(3)11-8-6-10(7-9-11)15(25,16(18,19)20)13(23)26-5-2/h6-9,25H,4-5H2,1-3H3. The number of rotatable bonds is 6. The Morgan fingerprint density at radius 1 is 1.22 bits per heavy atom. The number of oxime groups is 1. The molecule has 0 saturated carbocycles. The topological polar surface area (TPSA) is 88.4 Å². The Morgan fingerprint density at radius 3 is 2.22 bits per heavy atom. The normalized spacial score (nSPS) is 14.3. The van der Waals surface area contributed by atoms with Crippen LogP contribution >= 0.6 is 11.6 Å². The van der Waals surface area contributed by atoms with Gasteiger partial charge in [0.1, 0.15) is 5.17 Å². The van der Waals surface area contributed by atoms with Gasteiger partial charge in [-0.25, -0.2) is 9.59 Å². The van der Waals surface area contributed by atoms with E-state index in [1.807, 2.05) is 0 Å². The van der Waals surface area contributed by atoms with E-state index in [4.69, 9.17) is 11.6 Å². The van der Waals surface area contributed by atoms with Gasteiger partial charge >= 0.3 is 18.2 Å². The van der Waals surface area contributed by atoms with Crippen LogP contribution in [0.2, 0.25) is 0 Å². The second-order valence-corrected chi connectivity index (χ2v) is 5.65. The molecule has 1 atom stereocenters. The molecule has 27 heavy (non-hydrogen) atoms. The van der Waals surface area contributed by atoms with Crippen LogP contribution in [0, 0.1) is 0 Å². The van der Waals surface area contributed by atoms with E-state index in [2.05, 4.69) is 14.7 Å². The van der Waals surface area contributed by atoms with Crippen LogP contribution in [0.3, 0.4) is 0 Å². The second kappa shape index (κ2) is 9.05. The monoisotopic (exact) mass is 410 g/mol. The molecule has 0 aliphatic heterocycles. The Kier molecular flexibility index (Phi) is 7.61. The van der Waals surface area contributed by atoms with Gasteiger partial charge in [0.2, 0.25) is 0 Å². The molecule has 1 unspecified atom stereocenters. The summed E-state index contributed by atoms with van der Waals surface area (Å²) in [5.41, 5.74) is -4.47. The molecule has 0 spiro atoms. The number of benzene rings is 1. The Hall–Kier alpha value is -2.33. The lowest BCUT2D eigenvalue weighted by molar-refractivity contribution is -0.267. The third kappa shape index (κ3) is 5.10. The zero-order valence-electron chi connectivity index (χ0n) is 14.7. The fourth-order valence-electron chi connectivity index (χ4n) is 1.88. The highest BCUT2D eigenvalue weighted by Gasteiger charge is 2.62. The summed E-state index contributed by atoms with van der Waals surface area (Å²) in [7, 11) is 1.29. The van der Waals surface area contributed by atoms with E-state index < -0.39 is 29.4 Å². The van der Waals surface area contributed by atoms with Gasteiger partial charge in [-0.15, -0.1) is 0 Å². The fourth-order valence-corrected chi connectivity index (χ4v) is 1.91. The number of esters is 1. The number of alkyl halides is 3. The molecule has 7 nitrogen and oxygen atoms in total. The van der Waals surface area contributed by atoms with E-state index in [-0.39, 0.29) is 17.5 Å². The number of carbonyl (C=O) groups excluding carboxylic acids is 2. The third-order valence-electron chi connectivity index (χ3n) is 3.44. The van der Waals surface area contributed by atoms with Crippen molar-refractivity contribution in [3.05, 3.63) is 29.8 Å². The lowest BCUT2D eigenvalue weighted by atomic mass is 9.93. The molecular weight excluding hydrogens is 393 g/mol. The minimum absolute atomic E-state index is 0.0526. The van der Waals surface area contributed by atoms with Crippen molar-refractivity contribution in [1.82, 2.24) is 0 Å². The largest absolute Gasteiger partial charge is 0.463 e. The molecule has 1 aromatic rings. The van der Waals surface area contributed by atoms with Gasteiger partial charge in [-0.3, -0.25) is 9.74 Å². The SMILES string of the molecule is CCOC(=O)C(O)(c1ccc(N(C)C(=O)ON=C(Cl)CC)cc1)C(F)(F)F. The van der Waals surface area contributed by atoms with Gasteiger partial charge in [0.15, 0.2) is 0 Å². The Balaban J connectivity index is 3.11. The van der Waals surface area contributed by atoms with Crippen molar-refractivity contribution < 1.29 is 37.4 Å². The maximum absolute atomic E-state index is 13.3. The van der Waals surface area contributed by atoms with Crippen molar-refractivity contribution >= 4 is 34.5 Å². The number of hydrogen-bond donors (Lipinski definition) is 1. The second-order valence-electron chi connectivity index (χ2n) is 5.21. The van der Waals surface area contributed by atoms with Gasteiger partial charge in [-0.1, -0.05) is 35.8 Å². The maximum Gasteiger partial charge on any atom is 0.440 e. The summed E-state index contributed by atoms with van der Waals surface area (Å²) in [5, 5.41) is 13.4. The third-order valence-corrected chi connectivity index (χ3v) is 3.78. The number of halogens is 4. The highest BCUT2D eigenvalue weighted by Crippen LogP contribution is 2.40. The van der Waals surface area contributed by atoms with Gasteiger partial charge in [-0.2, -0.15) is 13.2 Å². The molecule has 1 rings (SSSR count). The average molecular weight is 411 g/mol. The molecule has 0 saturated heterocycles. The molecule has 0 fully saturated rings. The van der Waals surface area contributed by atoms with Crippen LogP contribution in [-0.2, 0) is 20.0 Å². The summed E-state index contributed by atoms with van der Waals surface area (Å²) in [6, 6.07) is 3.90. The van der Waals surface area contributed by atoms with Crippen molar-refractivity contribution in [2.75, 3.05) is 18.6 Å². The lowest BCUT2D eigenvalue weighted by Crippen LogP contribution is -2.50. The molecule has 150 valence electrons. The maximum atomic E-state index is 13.3. The van der Waals surface area contributed by atoms with Gasteiger partial charge in [-0.05, 0) is 19.1 Å². The van der Waals surface area contributed by atoms with E-state index in [1.54, 1.807) is 6.92 Å². The van der Waals surface area contributed by atoms with Crippen molar-refractivity contribution in [3.63, 3.8) is 0 Å².